The zero-order valence-corrected chi connectivity index (χ0v) is 13.3. The van der Waals surface area contributed by atoms with E-state index in [9.17, 15) is 4.79 Å². The molecule has 1 aliphatic heterocycles. The second-order valence-corrected chi connectivity index (χ2v) is 5.14. The Kier molecular flexibility index (Phi) is 5.16. The van der Waals surface area contributed by atoms with Crippen LogP contribution in [0.5, 0.6) is 5.75 Å². The predicted octanol–water partition coefficient (Wildman–Crippen LogP) is 2.22. The number of carbonyl (C=O) groups excluding carboxylic acids is 1. The third-order valence-corrected chi connectivity index (χ3v) is 3.49. The molecule has 0 bridgehead atoms. The molecule has 0 amide bonds. The van der Waals surface area contributed by atoms with Crippen molar-refractivity contribution in [2.24, 2.45) is 0 Å². The van der Waals surface area contributed by atoms with Gasteiger partial charge in [0.15, 0.2) is 5.11 Å². The Morgan fingerprint density at radius 2 is 2.09 bits per heavy atom. The highest BCUT2D eigenvalue weighted by atomic mass is 32.1. The van der Waals surface area contributed by atoms with Gasteiger partial charge in [-0.3, -0.25) is 0 Å². The smallest absolute Gasteiger partial charge is 0.338 e. The number of hydrogen-bond acceptors (Lipinski definition) is 4. The molecular formula is C16H18N2O3S. The molecule has 22 heavy (non-hydrogen) atoms. The maximum Gasteiger partial charge on any atom is 0.338 e. The quantitative estimate of drug-likeness (QED) is 0.493. The third-order valence-electron chi connectivity index (χ3n) is 3.27. The normalized spacial score (nSPS) is 17.4. The van der Waals surface area contributed by atoms with Gasteiger partial charge in [-0.25, -0.2) is 4.79 Å². The minimum absolute atomic E-state index is 0.162. The summed E-state index contributed by atoms with van der Waals surface area (Å²) in [5.74, 6) is 0.345. The summed E-state index contributed by atoms with van der Waals surface area (Å²) in [7, 11) is 1.61. The highest BCUT2D eigenvalue weighted by Gasteiger charge is 2.30. The molecule has 5 nitrogen and oxygen atoms in total. The Morgan fingerprint density at radius 1 is 1.41 bits per heavy atom. The van der Waals surface area contributed by atoms with E-state index in [0.29, 0.717) is 16.4 Å². The number of allylic oxidation sites excluding steroid dienone is 1. The molecule has 1 aromatic rings. The number of thiocarbonyl (C=S) groups is 1. The van der Waals surface area contributed by atoms with Crippen molar-refractivity contribution in [2.75, 3.05) is 13.7 Å². The molecule has 0 spiro atoms. The molecule has 2 N–H and O–H groups in total. The van der Waals surface area contributed by atoms with Gasteiger partial charge in [0, 0.05) is 5.70 Å². The van der Waals surface area contributed by atoms with E-state index in [2.05, 4.69) is 17.2 Å². The lowest BCUT2D eigenvalue weighted by atomic mass is 9.95. The second kappa shape index (κ2) is 7.09. The van der Waals surface area contributed by atoms with Crippen LogP contribution in [0.1, 0.15) is 18.5 Å². The van der Waals surface area contributed by atoms with E-state index in [1.807, 2.05) is 24.3 Å². The number of hydrogen-bond donors (Lipinski definition) is 2. The highest BCUT2D eigenvalue weighted by Crippen LogP contribution is 2.28. The van der Waals surface area contributed by atoms with Crippen molar-refractivity contribution < 1.29 is 14.3 Å². The average Bonchev–Trinajstić information content (AvgIpc) is 2.52. The van der Waals surface area contributed by atoms with Crippen LogP contribution in [0.4, 0.5) is 0 Å². The number of nitrogens with one attached hydrogen (secondary N) is 2. The van der Waals surface area contributed by atoms with E-state index in [0.717, 1.165) is 11.3 Å². The molecule has 1 heterocycles. The molecule has 1 unspecified atom stereocenters. The number of carbonyl (C=O) groups is 1. The molecular weight excluding hydrogens is 300 g/mol. The van der Waals surface area contributed by atoms with Gasteiger partial charge in [-0.2, -0.15) is 0 Å². The highest BCUT2D eigenvalue weighted by molar-refractivity contribution is 7.80. The molecule has 0 saturated heterocycles. The summed E-state index contributed by atoms with van der Waals surface area (Å²) in [6, 6.07) is 7.09. The van der Waals surface area contributed by atoms with Crippen LogP contribution in [-0.4, -0.2) is 24.8 Å². The summed E-state index contributed by atoms with van der Waals surface area (Å²) in [4.78, 5) is 12.3. The van der Waals surface area contributed by atoms with E-state index in [4.69, 9.17) is 21.7 Å². The monoisotopic (exact) mass is 318 g/mol. The van der Waals surface area contributed by atoms with Crippen LogP contribution in [0.3, 0.4) is 0 Å². The first-order valence-corrected chi connectivity index (χ1v) is 7.18. The van der Waals surface area contributed by atoms with Crippen molar-refractivity contribution in [3.05, 3.63) is 53.8 Å². The predicted molar refractivity (Wildman–Crippen MR) is 88.5 cm³/mol. The Morgan fingerprint density at radius 3 is 2.68 bits per heavy atom. The average molecular weight is 318 g/mol. The molecule has 1 aliphatic rings. The van der Waals surface area contributed by atoms with E-state index in [-0.39, 0.29) is 12.6 Å². The zero-order chi connectivity index (χ0) is 16.1. The fourth-order valence-electron chi connectivity index (χ4n) is 2.22. The molecule has 0 aliphatic carbocycles. The van der Waals surface area contributed by atoms with E-state index >= 15 is 0 Å². The van der Waals surface area contributed by atoms with Gasteiger partial charge in [0.2, 0.25) is 0 Å². The minimum atomic E-state index is -0.402. The molecule has 0 fully saturated rings. The van der Waals surface area contributed by atoms with Gasteiger partial charge in [0.1, 0.15) is 12.4 Å². The van der Waals surface area contributed by atoms with Crippen LogP contribution in [-0.2, 0) is 9.53 Å². The Bertz CT molecular complexity index is 623. The van der Waals surface area contributed by atoms with Crippen molar-refractivity contribution >= 4 is 23.3 Å². The molecule has 0 radical (unpaired) electrons. The van der Waals surface area contributed by atoms with Crippen molar-refractivity contribution in [1.29, 1.82) is 0 Å². The number of rotatable bonds is 5. The lowest BCUT2D eigenvalue weighted by Crippen LogP contribution is -2.45. The molecule has 6 heteroatoms. The molecule has 0 aromatic heterocycles. The summed E-state index contributed by atoms with van der Waals surface area (Å²) in [6.07, 6.45) is 1.53. The van der Waals surface area contributed by atoms with Gasteiger partial charge in [0.25, 0.3) is 0 Å². The summed E-state index contributed by atoms with van der Waals surface area (Å²) >= 11 is 5.19. The Balaban J connectivity index is 2.36. The van der Waals surface area contributed by atoms with Crippen molar-refractivity contribution in [3.63, 3.8) is 0 Å². The maximum atomic E-state index is 12.3. The van der Waals surface area contributed by atoms with E-state index in [1.54, 1.807) is 14.0 Å². The van der Waals surface area contributed by atoms with E-state index in [1.165, 1.54) is 6.08 Å². The van der Waals surface area contributed by atoms with Crippen LogP contribution >= 0.6 is 12.2 Å². The fourth-order valence-corrected chi connectivity index (χ4v) is 2.49. The number of esters is 1. The summed E-state index contributed by atoms with van der Waals surface area (Å²) < 4.78 is 10.3. The molecule has 1 aromatic carbocycles. The van der Waals surface area contributed by atoms with Gasteiger partial charge >= 0.3 is 5.97 Å². The van der Waals surface area contributed by atoms with Gasteiger partial charge in [-0.15, -0.1) is 0 Å². The Labute approximate surface area is 135 Å². The SMILES string of the molecule is C=CCOC(=O)C1=C(C)NC(=S)NC1c1ccc(OC)cc1. The van der Waals surface area contributed by atoms with Crippen molar-refractivity contribution in [3.8, 4) is 5.75 Å². The summed E-state index contributed by atoms with van der Waals surface area (Å²) in [5, 5.41) is 6.53. The van der Waals surface area contributed by atoms with Crippen LogP contribution in [0.2, 0.25) is 0 Å². The standard InChI is InChI=1S/C16H18N2O3S/c1-4-9-21-15(19)13-10(2)17-16(22)18-14(13)11-5-7-12(20-3)8-6-11/h4-8,14H,1,9H2,2-3H3,(H2,17,18,22). The molecule has 0 saturated carbocycles. The van der Waals surface area contributed by atoms with Gasteiger partial charge in [-0.05, 0) is 36.8 Å². The van der Waals surface area contributed by atoms with Gasteiger partial charge in [0.05, 0.1) is 18.7 Å². The summed E-state index contributed by atoms with van der Waals surface area (Å²) in [5.41, 5.74) is 2.08. The third kappa shape index (κ3) is 3.46. The van der Waals surface area contributed by atoms with Crippen LogP contribution < -0.4 is 15.4 Å². The largest absolute Gasteiger partial charge is 0.497 e. The molecule has 1 atom stereocenters. The van der Waals surface area contributed by atoms with Crippen molar-refractivity contribution in [1.82, 2.24) is 10.6 Å². The fraction of sp³-hybridized carbons (Fsp3) is 0.250. The number of methoxy groups -OCH3 is 1. The molecule has 116 valence electrons. The zero-order valence-electron chi connectivity index (χ0n) is 12.5. The van der Waals surface area contributed by atoms with Crippen LogP contribution in [0.25, 0.3) is 0 Å². The van der Waals surface area contributed by atoms with Crippen LogP contribution in [0, 0.1) is 0 Å². The first-order valence-electron chi connectivity index (χ1n) is 6.77. The van der Waals surface area contributed by atoms with Gasteiger partial charge < -0.3 is 20.1 Å². The number of ether oxygens (including phenoxy) is 2. The minimum Gasteiger partial charge on any atom is -0.497 e. The Hall–Kier alpha value is -2.34. The summed E-state index contributed by atoms with van der Waals surface area (Å²) in [6.45, 7) is 5.51. The van der Waals surface area contributed by atoms with E-state index < -0.39 is 5.97 Å². The topological polar surface area (TPSA) is 59.6 Å². The van der Waals surface area contributed by atoms with Gasteiger partial charge in [-0.1, -0.05) is 24.8 Å². The first-order chi connectivity index (χ1) is 10.6. The maximum absolute atomic E-state index is 12.3. The lowest BCUT2D eigenvalue weighted by Gasteiger charge is -2.29. The first kappa shape index (κ1) is 16.0. The number of benzene rings is 1. The lowest BCUT2D eigenvalue weighted by molar-refractivity contribution is -0.138. The molecule has 2 rings (SSSR count). The van der Waals surface area contributed by atoms with Crippen molar-refractivity contribution in [2.45, 2.75) is 13.0 Å². The second-order valence-electron chi connectivity index (χ2n) is 4.73. The van der Waals surface area contributed by atoms with Crippen LogP contribution in [0.15, 0.2) is 48.2 Å².